The summed E-state index contributed by atoms with van der Waals surface area (Å²) in [6, 6.07) is 9.63. The third kappa shape index (κ3) is 4.24. The van der Waals surface area contributed by atoms with Gasteiger partial charge in [-0.15, -0.1) is 0 Å². The van der Waals surface area contributed by atoms with Crippen LogP contribution in [-0.4, -0.2) is 37.1 Å². The molecule has 0 atom stereocenters. The van der Waals surface area contributed by atoms with Gasteiger partial charge in [0.05, 0.1) is 23.8 Å². The molecule has 0 aromatic heterocycles. The van der Waals surface area contributed by atoms with Gasteiger partial charge in [0.2, 0.25) is 0 Å². The maximum Gasteiger partial charge on any atom is 0.255 e. The Morgan fingerprint density at radius 1 is 1.16 bits per heavy atom. The van der Waals surface area contributed by atoms with Crippen LogP contribution in [0.25, 0.3) is 0 Å². The molecule has 4 nitrogen and oxygen atoms in total. The van der Waals surface area contributed by atoms with Crippen molar-refractivity contribution < 1.29 is 13.9 Å². The van der Waals surface area contributed by atoms with E-state index in [1.165, 1.54) is 6.07 Å². The number of hydrogen-bond donors (Lipinski definition) is 1. The van der Waals surface area contributed by atoms with Crippen molar-refractivity contribution in [2.24, 2.45) is 0 Å². The minimum absolute atomic E-state index is 0.114. The van der Waals surface area contributed by atoms with Crippen molar-refractivity contribution in [2.75, 3.05) is 31.6 Å². The van der Waals surface area contributed by atoms with E-state index in [-0.39, 0.29) is 18.3 Å². The second-order valence-corrected chi connectivity index (χ2v) is 6.47. The van der Waals surface area contributed by atoms with Gasteiger partial charge in [-0.3, -0.25) is 4.79 Å². The Kier molecular flexibility index (Phi) is 5.78. The average Bonchev–Trinajstić information content (AvgIpc) is 2.61. The zero-order chi connectivity index (χ0) is 17.8. The highest BCUT2D eigenvalue weighted by atomic mass is 35.5. The van der Waals surface area contributed by atoms with E-state index in [2.05, 4.69) is 5.32 Å². The van der Waals surface area contributed by atoms with Crippen molar-refractivity contribution in [1.29, 1.82) is 0 Å². The maximum atomic E-state index is 13.8. The number of ether oxygens (including phenoxy) is 1. The Morgan fingerprint density at radius 3 is 2.60 bits per heavy atom. The Labute approximate surface area is 155 Å². The lowest BCUT2D eigenvalue weighted by molar-refractivity contribution is 0.0303. The molecule has 1 aliphatic rings. The SMILES string of the molecule is O=C(c1ccc(NCc2c(F)cccc2Cl)cc1Cl)N1CCOCC1. The number of rotatable bonds is 4. The highest BCUT2D eigenvalue weighted by Gasteiger charge is 2.20. The highest BCUT2D eigenvalue weighted by molar-refractivity contribution is 6.34. The molecule has 1 amide bonds. The van der Waals surface area contributed by atoms with E-state index in [0.717, 1.165) is 0 Å². The molecule has 0 radical (unpaired) electrons. The van der Waals surface area contributed by atoms with Crippen molar-refractivity contribution in [3.8, 4) is 0 Å². The van der Waals surface area contributed by atoms with Crippen molar-refractivity contribution >= 4 is 34.8 Å². The number of carbonyl (C=O) groups is 1. The molecule has 3 rings (SSSR count). The zero-order valence-corrected chi connectivity index (χ0v) is 14.9. The van der Waals surface area contributed by atoms with E-state index in [0.29, 0.717) is 53.2 Å². The number of hydrogen-bond acceptors (Lipinski definition) is 3. The van der Waals surface area contributed by atoms with Crippen molar-refractivity contribution in [3.05, 3.63) is 63.4 Å². The third-order valence-corrected chi connectivity index (χ3v) is 4.70. The van der Waals surface area contributed by atoms with Gasteiger partial charge in [-0.25, -0.2) is 4.39 Å². The summed E-state index contributed by atoms with van der Waals surface area (Å²) in [5.74, 6) is -0.484. The predicted octanol–water partition coefficient (Wildman–Crippen LogP) is 4.22. The van der Waals surface area contributed by atoms with Gasteiger partial charge in [0.1, 0.15) is 5.82 Å². The minimum atomic E-state index is -0.370. The van der Waals surface area contributed by atoms with Gasteiger partial charge in [0.15, 0.2) is 0 Å². The summed E-state index contributed by atoms with van der Waals surface area (Å²) >= 11 is 12.3. The summed E-state index contributed by atoms with van der Waals surface area (Å²) in [6.45, 7) is 2.40. The second-order valence-electron chi connectivity index (χ2n) is 5.65. The number of amides is 1. The van der Waals surface area contributed by atoms with Crippen LogP contribution >= 0.6 is 23.2 Å². The second kappa shape index (κ2) is 8.04. The molecule has 1 N–H and O–H groups in total. The molecule has 2 aromatic rings. The van der Waals surface area contributed by atoms with Crippen LogP contribution in [0.3, 0.4) is 0 Å². The van der Waals surface area contributed by atoms with Crippen molar-refractivity contribution in [3.63, 3.8) is 0 Å². The lowest BCUT2D eigenvalue weighted by atomic mass is 10.1. The van der Waals surface area contributed by atoms with Crippen LogP contribution in [0.15, 0.2) is 36.4 Å². The molecule has 1 aliphatic heterocycles. The quantitative estimate of drug-likeness (QED) is 0.860. The van der Waals surface area contributed by atoms with E-state index >= 15 is 0 Å². The summed E-state index contributed by atoms with van der Waals surface area (Å²) in [5.41, 5.74) is 1.51. The van der Waals surface area contributed by atoms with E-state index in [1.54, 1.807) is 35.2 Å². The molecule has 7 heteroatoms. The highest BCUT2D eigenvalue weighted by Crippen LogP contribution is 2.25. The van der Waals surface area contributed by atoms with Crippen molar-refractivity contribution in [2.45, 2.75) is 6.54 Å². The Morgan fingerprint density at radius 2 is 1.92 bits per heavy atom. The average molecular weight is 383 g/mol. The fourth-order valence-electron chi connectivity index (χ4n) is 2.63. The zero-order valence-electron chi connectivity index (χ0n) is 13.4. The van der Waals surface area contributed by atoms with Crippen LogP contribution in [0.4, 0.5) is 10.1 Å². The third-order valence-electron chi connectivity index (χ3n) is 4.03. The number of morpholine rings is 1. The van der Waals surface area contributed by atoms with Crippen LogP contribution in [0, 0.1) is 5.82 Å². The first-order valence-electron chi connectivity index (χ1n) is 7.89. The van der Waals surface area contributed by atoms with Gasteiger partial charge < -0.3 is 15.0 Å². The molecule has 0 saturated carbocycles. The van der Waals surface area contributed by atoms with Gasteiger partial charge in [-0.2, -0.15) is 0 Å². The fraction of sp³-hybridized carbons (Fsp3) is 0.278. The molecule has 25 heavy (non-hydrogen) atoms. The van der Waals surface area contributed by atoms with Crippen LogP contribution in [0.5, 0.6) is 0 Å². The van der Waals surface area contributed by atoms with Gasteiger partial charge in [0, 0.05) is 35.9 Å². The van der Waals surface area contributed by atoms with Crippen LogP contribution in [0.2, 0.25) is 10.0 Å². The largest absolute Gasteiger partial charge is 0.381 e. The topological polar surface area (TPSA) is 41.6 Å². The molecule has 0 aliphatic carbocycles. The Balaban J connectivity index is 1.70. The fourth-order valence-corrected chi connectivity index (χ4v) is 3.12. The maximum absolute atomic E-state index is 13.8. The molecular weight excluding hydrogens is 366 g/mol. The summed E-state index contributed by atoms with van der Waals surface area (Å²) in [5, 5.41) is 3.78. The first kappa shape index (κ1) is 18.0. The molecule has 132 valence electrons. The standard InChI is InChI=1S/C18H17Cl2FN2O2/c19-15-2-1-3-17(21)14(15)11-22-12-4-5-13(16(20)10-12)18(24)23-6-8-25-9-7-23/h1-5,10,22H,6-9,11H2. The molecular formula is C18H17Cl2FN2O2. The number of nitrogens with zero attached hydrogens (tertiary/aromatic N) is 1. The van der Waals surface area contributed by atoms with Crippen LogP contribution < -0.4 is 5.32 Å². The van der Waals surface area contributed by atoms with E-state index < -0.39 is 0 Å². The Hall–Kier alpha value is -1.82. The number of nitrogens with one attached hydrogen (secondary N) is 1. The first-order chi connectivity index (χ1) is 12.1. The molecule has 0 bridgehead atoms. The molecule has 0 spiro atoms. The van der Waals surface area contributed by atoms with Gasteiger partial charge in [0.25, 0.3) is 5.91 Å². The smallest absolute Gasteiger partial charge is 0.255 e. The minimum Gasteiger partial charge on any atom is -0.381 e. The monoisotopic (exact) mass is 382 g/mol. The van der Waals surface area contributed by atoms with Gasteiger partial charge in [-0.05, 0) is 30.3 Å². The molecule has 1 saturated heterocycles. The van der Waals surface area contributed by atoms with Crippen LogP contribution in [0.1, 0.15) is 15.9 Å². The number of benzene rings is 2. The predicted molar refractivity (Wildman–Crippen MR) is 96.9 cm³/mol. The van der Waals surface area contributed by atoms with Crippen LogP contribution in [-0.2, 0) is 11.3 Å². The normalized spacial score (nSPS) is 14.4. The number of anilines is 1. The first-order valence-corrected chi connectivity index (χ1v) is 8.65. The summed E-state index contributed by atoms with van der Waals surface area (Å²) in [7, 11) is 0. The van der Waals surface area contributed by atoms with E-state index in [4.69, 9.17) is 27.9 Å². The summed E-state index contributed by atoms with van der Waals surface area (Å²) < 4.78 is 19.0. The van der Waals surface area contributed by atoms with Gasteiger partial charge in [-0.1, -0.05) is 29.3 Å². The Bertz CT molecular complexity index is 759. The summed E-state index contributed by atoms with van der Waals surface area (Å²) in [6.07, 6.45) is 0. The molecule has 1 heterocycles. The molecule has 1 fully saturated rings. The lowest BCUT2D eigenvalue weighted by Gasteiger charge is -2.27. The number of carbonyl (C=O) groups excluding carboxylic acids is 1. The summed E-state index contributed by atoms with van der Waals surface area (Å²) in [4.78, 5) is 14.2. The number of halogens is 3. The molecule has 0 unspecified atom stereocenters. The lowest BCUT2D eigenvalue weighted by Crippen LogP contribution is -2.40. The van der Waals surface area contributed by atoms with E-state index in [9.17, 15) is 9.18 Å². The van der Waals surface area contributed by atoms with E-state index in [1.807, 2.05) is 0 Å². The molecule has 2 aromatic carbocycles. The van der Waals surface area contributed by atoms with Crippen molar-refractivity contribution in [1.82, 2.24) is 4.90 Å². The van der Waals surface area contributed by atoms with Gasteiger partial charge >= 0.3 is 0 Å².